The van der Waals surface area contributed by atoms with Crippen LogP contribution in [0.4, 0.5) is 5.69 Å². The standard InChI is InChI=1S/C22H20IN3O2/c1-15-10-16(4-9-20(15)24-3)11-21(27)22(2,28)14-26-13-18(12-25-26)17-5-7-19(23)8-6-17/h4-10,12-13,28H,11,14H2,1-2H3/t22-/m0/s1. The third-order valence-electron chi connectivity index (χ3n) is 4.63. The number of ketones is 1. The molecule has 1 atom stereocenters. The average Bonchev–Trinajstić information content (AvgIpc) is 3.10. The van der Waals surface area contributed by atoms with Gasteiger partial charge in [0.15, 0.2) is 11.5 Å². The van der Waals surface area contributed by atoms with E-state index in [1.165, 1.54) is 6.92 Å². The number of benzene rings is 2. The van der Waals surface area contributed by atoms with E-state index in [1.54, 1.807) is 23.0 Å². The molecule has 3 rings (SSSR count). The van der Waals surface area contributed by atoms with Crippen LogP contribution < -0.4 is 0 Å². The third-order valence-corrected chi connectivity index (χ3v) is 5.35. The van der Waals surface area contributed by atoms with Crippen LogP contribution in [0.25, 0.3) is 16.0 Å². The smallest absolute Gasteiger partial charge is 0.190 e. The minimum Gasteiger partial charge on any atom is -0.380 e. The molecule has 28 heavy (non-hydrogen) atoms. The van der Waals surface area contributed by atoms with Crippen molar-refractivity contribution in [1.82, 2.24) is 9.78 Å². The van der Waals surface area contributed by atoms with E-state index in [-0.39, 0.29) is 18.7 Å². The molecule has 0 bridgehead atoms. The predicted octanol–water partition coefficient (Wildman–Crippen LogP) is 4.58. The van der Waals surface area contributed by atoms with Crippen molar-refractivity contribution in [1.29, 1.82) is 0 Å². The highest BCUT2D eigenvalue weighted by molar-refractivity contribution is 14.1. The number of aliphatic hydroxyl groups is 1. The zero-order chi connectivity index (χ0) is 20.3. The highest BCUT2D eigenvalue weighted by Crippen LogP contribution is 2.23. The molecule has 0 unspecified atom stereocenters. The Balaban J connectivity index is 1.71. The number of rotatable bonds is 6. The summed E-state index contributed by atoms with van der Waals surface area (Å²) in [4.78, 5) is 16.1. The van der Waals surface area contributed by atoms with E-state index in [9.17, 15) is 9.90 Å². The van der Waals surface area contributed by atoms with Crippen molar-refractivity contribution >= 4 is 34.1 Å². The van der Waals surface area contributed by atoms with Gasteiger partial charge in [-0.15, -0.1) is 0 Å². The minimum atomic E-state index is -1.54. The molecule has 0 saturated carbocycles. The first-order valence-corrected chi connectivity index (χ1v) is 9.87. The van der Waals surface area contributed by atoms with E-state index in [0.717, 1.165) is 25.8 Å². The molecule has 0 radical (unpaired) electrons. The zero-order valence-corrected chi connectivity index (χ0v) is 17.8. The monoisotopic (exact) mass is 485 g/mol. The van der Waals surface area contributed by atoms with Gasteiger partial charge in [-0.2, -0.15) is 5.10 Å². The van der Waals surface area contributed by atoms with Gasteiger partial charge in [0.2, 0.25) is 0 Å². The van der Waals surface area contributed by atoms with Crippen LogP contribution in [0.3, 0.4) is 0 Å². The Morgan fingerprint density at radius 3 is 2.61 bits per heavy atom. The van der Waals surface area contributed by atoms with Gasteiger partial charge in [-0.05, 0) is 65.3 Å². The summed E-state index contributed by atoms with van der Waals surface area (Å²) in [6.07, 6.45) is 3.67. The van der Waals surface area contributed by atoms with Crippen molar-refractivity contribution in [2.75, 3.05) is 0 Å². The number of aromatic nitrogens is 2. The number of carbonyl (C=O) groups excluding carboxylic acids is 1. The minimum absolute atomic E-state index is 0.0787. The van der Waals surface area contributed by atoms with Gasteiger partial charge in [-0.1, -0.05) is 30.3 Å². The number of Topliss-reactive ketones (excluding diaryl/α,β-unsaturated/α-hetero) is 1. The van der Waals surface area contributed by atoms with Gasteiger partial charge in [-0.3, -0.25) is 9.48 Å². The van der Waals surface area contributed by atoms with Crippen molar-refractivity contribution in [3.05, 3.63) is 81.0 Å². The van der Waals surface area contributed by atoms with E-state index in [0.29, 0.717) is 5.69 Å². The average molecular weight is 485 g/mol. The molecule has 0 spiro atoms. The summed E-state index contributed by atoms with van der Waals surface area (Å²) >= 11 is 2.25. The Labute approximate surface area is 178 Å². The molecule has 5 nitrogen and oxygen atoms in total. The lowest BCUT2D eigenvalue weighted by Gasteiger charge is -2.22. The number of hydrogen-bond donors (Lipinski definition) is 1. The van der Waals surface area contributed by atoms with E-state index < -0.39 is 5.60 Å². The van der Waals surface area contributed by atoms with Gasteiger partial charge < -0.3 is 5.11 Å². The molecule has 0 aliphatic heterocycles. The van der Waals surface area contributed by atoms with E-state index in [1.807, 2.05) is 43.5 Å². The first kappa shape index (κ1) is 20.2. The summed E-state index contributed by atoms with van der Waals surface area (Å²) in [7, 11) is 0. The first-order valence-electron chi connectivity index (χ1n) is 8.79. The Morgan fingerprint density at radius 1 is 1.25 bits per heavy atom. The molecule has 1 aromatic heterocycles. The summed E-state index contributed by atoms with van der Waals surface area (Å²) in [6.45, 7) is 10.5. The second-order valence-electron chi connectivity index (χ2n) is 7.04. The highest BCUT2D eigenvalue weighted by atomic mass is 127. The molecule has 2 aromatic carbocycles. The molecule has 0 saturated heterocycles. The Kier molecular flexibility index (Phi) is 5.96. The molecule has 0 amide bonds. The normalized spacial score (nSPS) is 13.0. The van der Waals surface area contributed by atoms with Crippen LogP contribution in [0, 0.1) is 17.1 Å². The van der Waals surface area contributed by atoms with Gasteiger partial charge in [0.25, 0.3) is 0 Å². The van der Waals surface area contributed by atoms with E-state index in [4.69, 9.17) is 6.57 Å². The number of halogens is 1. The van der Waals surface area contributed by atoms with Gasteiger partial charge in [0, 0.05) is 21.8 Å². The van der Waals surface area contributed by atoms with Crippen LogP contribution in [0.15, 0.2) is 54.9 Å². The summed E-state index contributed by atoms with van der Waals surface area (Å²) < 4.78 is 2.75. The quantitative estimate of drug-likeness (QED) is 0.411. The van der Waals surface area contributed by atoms with Gasteiger partial charge in [0.1, 0.15) is 5.60 Å². The number of nitrogens with zero attached hydrogens (tertiary/aromatic N) is 3. The molecule has 1 N–H and O–H groups in total. The van der Waals surface area contributed by atoms with Crippen LogP contribution >= 0.6 is 22.6 Å². The van der Waals surface area contributed by atoms with Crippen molar-refractivity contribution in [3.8, 4) is 11.1 Å². The molecule has 1 heterocycles. The maximum Gasteiger partial charge on any atom is 0.190 e. The Bertz CT molecular complexity index is 1050. The fourth-order valence-electron chi connectivity index (χ4n) is 2.97. The first-order chi connectivity index (χ1) is 13.3. The summed E-state index contributed by atoms with van der Waals surface area (Å²) in [5, 5.41) is 15.0. The Morgan fingerprint density at radius 2 is 1.96 bits per heavy atom. The van der Waals surface area contributed by atoms with Crippen molar-refractivity contribution < 1.29 is 9.90 Å². The predicted molar refractivity (Wildman–Crippen MR) is 117 cm³/mol. The van der Waals surface area contributed by atoms with Crippen LogP contribution in [-0.2, 0) is 17.8 Å². The lowest BCUT2D eigenvalue weighted by atomic mass is 9.94. The van der Waals surface area contributed by atoms with Crippen molar-refractivity contribution in [2.24, 2.45) is 0 Å². The number of aryl methyl sites for hydroxylation is 1. The summed E-state index contributed by atoms with van der Waals surface area (Å²) in [5.41, 5.74) is 2.62. The lowest BCUT2D eigenvalue weighted by Crippen LogP contribution is -2.40. The molecular weight excluding hydrogens is 465 g/mol. The second-order valence-corrected chi connectivity index (χ2v) is 8.29. The Hall–Kier alpha value is -2.50. The van der Waals surface area contributed by atoms with Crippen LogP contribution in [0.5, 0.6) is 0 Å². The lowest BCUT2D eigenvalue weighted by molar-refractivity contribution is -0.136. The van der Waals surface area contributed by atoms with Crippen LogP contribution in [0.1, 0.15) is 18.1 Å². The topological polar surface area (TPSA) is 59.5 Å². The van der Waals surface area contributed by atoms with Crippen LogP contribution in [0.2, 0.25) is 0 Å². The molecule has 0 fully saturated rings. The third kappa shape index (κ3) is 4.66. The number of hydrogen-bond acceptors (Lipinski definition) is 3. The van der Waals surface area contributed by atoms with Crippen molar-refractivity contribution in [2.45, 2.75) is 32.4 Å². The molecule has 0 aliphatic carbocycles. The largest absolute Gasteiger partial charge is 0.380 e. The molecule has 0 aliphatic rings. The fourth-order valence-corrected chi connectivity index (χ4v) is 3.33. The van der Waals surface area contributed by atoms with Crippen molar-refractivity contribution in [3.63, 3.8) is 0 Å². The molecule has 6 heteroatoms. The van der Waals surface area contributed by atoms with Crippen LogP contribution in [-0.4, -0.2) is 26.3 Å². The van der Waals surface area contributed by atoms with Gasteiger partial charge >= 0.3 is 0 Å². The van der Waals surface area contributed by atoms with Gasteiger partial charge in [0.05, 0.1) is 19.3 Å². The summed E-state index contributed by atoms with van der Waals surface area (Å²) in [6, 6.07) is 13.4. The molecule has 142 valence electrons. The summed E-state index contributed by atoms with van der Waals surface area (Å²) in [5.74, 6) is -0.284. The zero-order valence-electron chi connectivity index (χ0n) is 15.7. The maximum absolute atomic E-state index is 12.7. The number of carbonyl (C=O) groups is 1. The molecular formula is C22H20IN3O2. The molecule has 3 aromatic rings. The maximum atomic E-state index is 12.7. The van der Waals surface area contributed by atoms with E-state index >= 15 is 0 Å². The SMILES string of the molecule is [C-]#[N+]c1ccc(CC(=O)[C@@](C)(O)Cn2cc(-c3ccc(I)cc3)cn2)cc1C. The fraction of sp³-hybridized carbons (Fsp3) is 0.227. The highest BCUT2D eigenvalue weighted by Gasteiger charge is 2.31. The van der Waals surface area contributed by atoms with E-state index in [2.05, 4.69) is 32.5 Å². The second kappa shape index (κ2) is 8.25. The van der Waals surface area contributed by atoms with Gasteiger partial charge in [-0.25, -0.2) is 4.85 Å².